The third kappa shape index (κ3) is 6.19. The molecule has 2 heterocycles. The molecule has 1 aromatic carbocycles. The van der Waals surface area contributed by atoms with Crippen LogP contribution in [-0.4, -0.2) is 57.5 Å². The van der Waals surface area contributed by atoms with E-state index in [1.54, 1.807) is 7.05 Å². The van der Waals surface area contributed by atoms with E-state index in [1.165, 1.54) is 10.9 Å². The van der Waals surface area contributed by atoms with E-state index in [9.17, 15) is 0 Å². The number of aliphatic imine (C=N–C) groups is 1. The van der Waals surface area contributed by atoms with Gasteiger partial charge in [-0.3, -0.25) is 9.98 Å². The van der Waals surface area contributed by atoms with Gasteiger partial charge in [0.2, 0.25) is 0 Å². The predicted octanol–water partition coefficient (Wildman–Crippen LogP) is 2.39. The van der Waals surface area contributed by atoms with Gasteiger partial charge in [0.25, 0.3) is 0 Å². The molecule has 146 valence electrons. The lowest BCUT2D eigenvalue weighted by Gasteiger charge is -2.13. The lowest BCUT2D eigenvalue weighted by atomic mass is 10.1. The second-order valence-electron chi connectivity index (χ2n) is 6.83. The Labute approximate surface area is 161 Å². The van der Waals surface area contributed by atoms with Crippen LogP contribution >= 0.6 is 0 Å². The van der Waals surface area contributed by atoms with Gasteiger partial charge in [0.05, 0.1) is 18.7 Å². The Kier molecular flexibility index (Phi) is 7.86. The summed E-state index contributed by atoms with van der Waals surface area (Å²) in [5, 5.41) is 7.89. The average molecular weight is 370 g/mol. The Morgan fingerprint density at radius 1 is 1.26 bits per heavy atom. The molecule has 27 heavy (non-hydrogen) atoms. The Balaban J connectivity index is 1.32. The molecule has 0 bridgehead atoms. The number of benzene rings is 1. The van der Waals surface area contributed by atoms with Crippen molar-refractivity contribution in [3.63, 3.8) is 0 Å². The SMILES string of the molecule is CN=C(NCCCOCC1CCOC1)NCCc1cccc2cccnc12. The lowest BCUT2D eigenvalue weighted by molar-refractivity contribution is 0.0888. The molecule has 2 aromatic rings. The number of pyridine rings is 1. The second-order valence-corrected chi connectivity index (χ2v) is 6.83. The zero-order valence-electron chi connectivity index (χ0n) is 16.1. The van der Waals surface area contributed by atoms with Crippen molar-refractivity contribution in [2.45, 2.75) is 19.3 Å². The molecule has 0 saturated carbocycles. The minimum Gasteiger partial charge on any atom is -0.381 e. The van der Waals surface area contributed by atoms with Crippen molar-refractivity contribution >= 4 is 16.9 Å². The van der Waals surface area contributed by atoms with Crippen LogP contribution in [0.3, 0.4) is 0 Å². The zero-order valence-corrected chi connectivity index (χ0v) is 16.1. The highest BCUT2D eigenvalue weighted by molar-refractivity contribution is 5.82. The predicted molar refractivity (Wildman–Crippen MR) is 109 cm³/mol. The monoisotopic (exact) mass is 370 g/mol. The van der Waals surface area contributed by atoms with Crippen molar-refractivity contribution in [1.82, 2.24) is 15.6 Å². The summed E-state index contributed by atoms with van der Waals surface area (Å²) in [6.07, 6.45) is 4.84. The number of hydrogen-bond acceptors (Lipinski definition) is 4. The first-order chi connectivity index (χ1) is 13.4. The normalized spacial score (nSPS) is 17.4. The Morgan fingerprint density at radius 3 is 3.00 bits per heavy atom. The maximum Gasteiger partial charge on any atom is 0.190 e. The van der Waals surface area contributed by atoms with E-state index >= 15 is 0 Å². The van der Waals surface area contributed by atoms with Crippen molar-refractivity contribution in [2.75, 3.05) is 46.6 Å². The molecule has 0 spiro atoms. The van der Waals surface area contributed by atoms with E-state index in [2.05, 4.69) is 44.9 Å². The fraction of sp³-hybridized carbons (Fsp3) is 0.524. The average Bonchev–Trinajstić information content (AvgIpc) is 3.23. The number of guanidine groups is 1. The Hall–Kier alpha value is -2.18. The Bertz CT molecular complexity index is 724. The molecule has 0 aliphatic carbocycles. The molecule has 0 amide bonds. The number of rotatable bonds is 9. The maximum absolute atomic E-state index is 5.73. The van der Waals surface area contributed by atoms with E-state index in [0.29, 0.717) is 5.92 Å². The molecular formula is C21H30N4O2. The first-order valence-corrected chi connectivity index (χ1v) is 9.79. The number of nitrogens with one attached hydrogen (secondary N) is 2. The van der Waals surface area contributed by atoms with E-state index < -0.39 is 0 Å². The summed E-state index contributed by atoms with van der Waals surface area (Å²) in [6, 6.07) is 10.4. The molecule has 1 unspecified atom stereocenters. The van der Waals surface area contributed by atoms with Crippen molar-refractivity contribution < 1.29 is 9.47 Å². The summed E-state index contributed by atoms with van der Waals surface area (Å²) in [4.78, 5) is 8.79. The molecule has 6 nitrogen and oxygen atoms in total. The van der Waals surface area contributed by atoms with Gasteiger partial charge >= 0.3 is 0 Å². The minimum atomic E-state index is 0.580. The van der Waals surface area contributed by atoms with Gasteiger partial charge in [-0.2, -0.15) is 0 Å². The highest BCUT2D eigenvalue weighted by atomic mass is 16.5. The smallest absolute Gasteiger partial charge is 0.190 e. The molecule has 1 atom stereocenters. The summed E-state index contributed by atoms with van der Waals surface area (Å²) >= 11 is 0. The summed E-state index contributed by atoms with van der Waals surface area (Å²) in [7, 11) is 1.80. The van der Waals surface area contributed by atoms with E-state index in [-0.39, 0.29) is 0 Å². The maximum atomic E-state index is 5.73. The summed E-state index contributed by atoms with van der Waals surface area (Å²) in [5.41, 5.74) is 2.33. The third-order valence-corrected chi connectivity index (χ3v) is 4.76. The largest absolute Gasteiger partial charge is 0.381 e. The molecular weight excluding hydrogens is 340 g/mol. The second kappa shape index (κ2) is 10.8. The van der Waals surface area contributed by atoms with Crippen molar-refractivity contribution in [3.05, 3.63) is 42.1 Å². The first-order valence-electron chi connectivity index (χ1n) is 9.79. The topological polar surface area (TPSA) is 67.8 Å². The van der Waals surface area contributed by atoms with Crippen LogP contribution in [0.4, 0.5) is 0 Å². The number of fused-ring (bicyclic) bond motifs is 1. The van der Waals surface area contributed by atoms with Crippen molar-refractivity contribution in [2.24, 2.45) is 10.9 Å². The van der Waals surface area contributed by atoms with Gasteiger partial charge in [0.15, 0.2) is 5.96 Å². The van der Waals surface area contributed by atoms with E-state index in [0.717, 1.165) is 70.3 Å². The van der Waals surface area contributed by atoms with Crippen LogP contribution in [0.1, 0.15) is 18.4 Å². The van der Waals surface area contributed by atoms with Gasteiger partial charge in [-0.1, -0.05) is 24.3 Å². The fourth-order valence-corrected chi connectivity index (χ4v) is 3.25. The number of aromatic nitrogens is 1. The molecule has 1 aliphatic rings. The van der Waals surface area contributed by atoms with Gasteiger partial charge in [-0.25, -0.2) is 0 Å². The number of nitrogens with zero attached hydrogens (tertiary/aromatic N) is 2. The lowest BCUT2D eigenvalue weighted by Crippen LogP contribution is -2.39. The van der Waals surface area contributed by atoms with Crippen LogP contribution in [0.15, 0.2) is 41.5 Å². The molecule has 3 rings (SSSR count). The zero-order chi connectivity index (χ0) is 18.7. The van der Waals surface area contributed by atoms with Crippen molar-refractivity contribution in [3.8, 4) is 0 Å². The standard InChI is InChI=1S/C21H30N4O2/c1-22-21(24-11-4-13-26-15-17-9-14-27-16-17)25-12-8-19-6-2-5-18-7-3-10-23-20(18)19/h2-3,5-7,10,17H,4,8-9,11-16H2,1H3,(H2,22,24,25). The summed E-state index contributed by atoms with van der Waals surface area (Å²) in [5.74, 6) is 1.41. The molecule has 1 fully saturated rings. The molecule has 1 saturated heterocycles. The summed E-state index contributed by atoms with van der Waals surface area (Å²) < 4.78 is 11.1. The quantitative estimate of drug-likeness (QED) is 0.403. The van der Waals surface area contributed by atoms with Crippen LogP contribution in [0, 0.1) is 5.92 Å². The van der Waals surface area contributed by atoms with Crippen LogP contribution < -0.4 is 10.6 Å². The van der Waals surface area contributed by atoms with Gasteiger partial charge in [0.1, 0.15) is 0 Å². The number of ether oxygens (including phenoxy) is 2. The van der Waals surface area contributed by atoms with Crippen LogP contribution in [0.25, 0.3) is 10.9 Å². The number of hydrogen-bond donors (Lipinski definition) is 2. The molecule has 2 N–H and O–H groups in total. The van der Waals surface area contributed by atoms with E-state index in [1.807, 2.05) is 12.3 Å². The molecule has 1 aliphatic heterocycles. The number of para-hydroxylation sites is 1. The van der Waals surface area contributed by atoms with Gasteiger partial charge in [0, 0.05) is 50.9 Å². The Morgan fingerprint density at radius 2 is 2.15 bits per heavy atom. The highest BCUT2D eigenvalue weighted by Crippen LogP contribution is 2.16. The van der Waals surface area contributed by atoms with Crippen LogP contribution in [0.2, 0.25) is 0 Å². The van der Waals surface area contributed by atoms with Gasteiger partial charge in [-0.15, -0.1) is 0 Å². The van der Waals surface area contributed by atoms with Crippen LogP contribution in [-0.2, 0) is 15.9 Å². The highest BCUT2D eigenvalue weighted by Gasteiger charge is 2.15. The van der Waals surface area contributed by atoms with Crippen molar-refractivity contribution in [1.29, 1.82) is 0 Å². The molecule has 0 radical (unpaired) electrons. The molecule has 1 aromatic heterocycles. The minimum absolute atomic E-state index is 0.580. The summed E-state index contributed by atoms with van der Waals surface area (Å²) in [6.45, 7) is 4.96. The molecule has 6 heteroatoms. The van der Waals surface area contributed by atoms with E-state index in [4.69, 9.17) is 9.47 Å². The van der Waals surface area contributed by atoms with Gasteiger partial charge < -0.3 is 20.1 Å². The first kappa shape index (κ1) is 19.6. The van der Waals surface area contributed by atoms with Crippen LogP contribution in [0.5, 0.6) is 0 Å². The third-order valence-electron chi connectivity index (χ3n) is 4.76. The van der Waals surface area contributed by atoms with Gasteiger partial charge in [-0.05, 0) is 30.9 Å². The fourth-order valence-electron chi connectivity index (χ4n) is 3.25.